The summed E-state index contributed by atoms with van der Waals surface area (Å²) in [6.45, 7) is 0. The van der Waals surface area contributed by atoms with Gasteiger partial charge in [-0.2, -0.15) is 5.26 Å². The average Bonchev–Trinajstić information content (AvgIpc) is 2.88. The van der Waals surface area contributed by atoms with Crippen molar-refractivity contribution in [2.24, 2.45) is 0 Å². The first kappa shape index (κ1) is 11.4. The van der Waals surface area contributed by atoms with Crippen LogP contribution in [0, 0.1) is 11.3 Å². The number of nitrogens with one attached hydrogen (secondary N) is 1. The lowest BCUT2D eigenvalue weighted by atomic mass is 10.00. The minimum absolute atomic E-state index is 0.194. The Labute approximate surface area is 103 Å². The van der Waals surface area contributed by atoms with Crippen molar-refractivity contribution in [1.82, 2.24) is 5.32 Å². The van der Waals surface area contributed by atoms with Gasteiger partial charge in [0.05, 0.1) is 15.3 Å². The number of rotatable bonds is 2. The zero-order chi connectivity index (χ0) is 11.6. The molecule has 2 rings (SSSR count). The molecular formula is C11H11ClN2OS. The molecule has 0 radical (unpaired) electrons. The summed E-state index contributed by atoms with van der Waals surface area (Å²) in [7, 11) is 0. The predicted octanol–water partition coefficient (Wildman–Crippen LogP) is 2.97. The average molecular weight is 255 g/mol. The summed E-state index contributed by atoms with van der Waals surface area (Å²) in [5, 5.41) is 12.0. The number of halogens is 1. The molecule has 0 unspecified atom stereocenters. The molecule has 1 aromatic rings. The van der Waals surface area contributed by atoms with E-state index in [1.165, 1.54) is 11.3 Å². The van der Waals surface area contributed by atoms with E-state index in [9.17, 15) is 4.79 Å². The van der Waals surface area contributed by atoms with Crippen molar-refractivity contribution < 1.29 is 4.79 Å². The van der Waals surface area contributed by atoms with Gasteiger partial charge in [0.25, 0.3) is 5.91 Å². The Balaban J connectivity index is 2.10. The predicted molar refractivity (Wildman–Crippen MR) is 63.6 cm³/mol. The second-order valence-electron chi connectivity index (χ2n) is 3.96. The third kappa shape index (κ3) is 2.21. The smallest absolute Gasteiger partial charge is 0.262 e. The number of nitriles is 1. The standard InChI is InChI=1S/C11H11ClN2OS/c12-9-4-3-8(16-9)10(15)14-11(7-13)5-1-2-6-11/h3-4H,1-2,5-6H2,(H,14,15). The lowest BCUT2D eigenvalue weighted by molar-refractivity contribution is 0.0925. The fourth-order valence-electron chi connectivity index (χ4n) is 1.96. The molecule has 84 valence electrons. The molecule has 0 bridgehead atoms. The highest BCUT2D eigenvalue weighted by Gasteiger charge is 2.35. The molecule has 1 amide bonds. The fraction of sp³-hybridized carbons (Fsp3) is 0.455. The SMILES string of the molecule is N#CC1(NC(=O)c2ccc(Cl)s2)CCCC1. The Bertz CT molecular complexity index is 443. The Morgan fingerprint density at radius 1 is 1.50 bits per heavy atom. The van der Waals surface area contributed by atoms with Crippen LogP contribution in [0.5, 0.6) is 0 Å². The van der Waals surface area contributed by atoms with Crippen LogP contribution >= 0.6 is 22.9 Å². The first-order valence-corrected chi connectivity index (χ1v) is 6.34. The molecule has 0 saturated heterocycles. The first-order chi connectivity index (χ1) is 7.65. The topological polar surface area (TPSA) is 52.9 Å². The zero-order valence-electron chi connectivity index (χ0n) is 8.62. The first-order valence-electron chi connectivity index (χ1n) is 5.14. The minimum atomic E-state index is -0.659. The fourth-order valence-corrected chi connectivity index (χ4v) is 2.90. The lowest BCUT2D eigenvalue weighted by Crippen LogP contribution is -2.44. The quantitative estimate of drug-likeness (QED) is 0.882. The summed E-state index contributed by atoms with van der Waals surface area (Å²) in [5.41, 5.74) is -0.659. The summed E-state index contributed by atoms with van der Waals surface area (Å²) < 4.78 is 0.586. The van der Waals surface area contributed by atoms with Gasteiger partial charge in [0.15, 0.2) is 0 Å². The van der Waals surface area contributed by atoms with Gasteiger partial charge in [-0.1, -0.05) is 11.6 Å². The van der Waals surface area contributed by atoms with E-state index in [2.05, 4.69) is 11.4 Å². The summed E-state index contributed by atoms with van der Waals surface area (Å²) in [6, 6.07) is 5.60. The Hall–Kier alpha value is -1.05. The van der Waals surface area contributed by atoms with Gasteiger partial charge in [-0.05, 0) is 37.8 Å². The number of hydrogen-bond donors (Lipinski definition) is 1. The number of nitrogens with zero attached hydrogens (tertiary/aromatic N) is 1. The van der Waals surface area contributed by atoms with Crippen molar-refractivity contribution in [3.05, 3.63) is 21.3 Å². The summed E-state index contributed by atoms with van der Waals surface area (Å²) in [5.74, 6) is -0.194. The van der Waals surface area contributed by atoms with E-state index in [4.69, 9.17) is 16.9 Å². The van der Waals surface area contributed by atoms with Crippen molar-refractivity contribution in [2.45, 2.75) is 31.2 Å². The molecule has 1 aliphatic rings. The maximum atomic E-state index is 11.9. The normalized spacial score (nSPS) is 18.0. The molecule has 1 aliphatic carbocycles. The molecular weight excluding hydrogens is 244 g/mol. The molecule has 0 spiro atoms. The highest BCUT2D eigenvalue weighted by molar-refractivity contribution is 7.18. The van der Waals surface area contributed by atoms with E-state index in [1.807, 2.05) is 0 Å². The van der Waals surface area contributed by atoms with Crippen LogP contribution in [0.3, 0.4) is 0 Å². The van der Waals surface area contributed by atoms with Crippen LogP contribution in [0.1, 0.15) is 35.4 Å². The van der Waals surface area contributed by atoms with Gasteiger partial charge in [-0.3, -0.25) is 4.79 Å². The van der Waals surface area contributed by atoms with Gasteiger partial charge >= 0.3 is 0 Å². The molecule has 0 aromatic carbocycles. The minimum Gasteiger partial charge on any atom is -0.333 e. The second-order valence-corrected chi connectivity index (χ2v) is 5.67. The molecule has 1 N–H and O–H groups in total. The maximum Gasteiger partial charge on any atom is 0.262 e. The highest BCUT2D eigenvalue weighted by Crippen LogP contribution is 2.30. The van der Waals surface area contributed by atoms with Crippen molar-refractivity contribution in [1.29, 1.82) is 5.26 Å². The summed E-state index contributed by atoms with van der Waals surface area (Å²) in [4.78, 5) is 12.4. The number of hydrogen-bond acceptors (Lipinski definition) is 3. The van der Waals surface area contributed by atoms with Crippen LogP contribution in [0.4, 0.5) is 0 Å². The molecule has 1 fully saturated rings. The van der Waals surface area contributed by atoms with E-state index in [0.717, 1.165) is 25.7 Å². The third-order valence-corrected chi connectivity index (χ3v) is 4.05. The zero-order valence-corrected chi connectivity index (χ0v) is 10.2. The van der Waals surface area contributed by atoms with Crippen molar-refractivity contribution in [2.75, 3.05) is 0 Å². The van der Waals surface area contributed by atoms with Crippen LogP contribution in [-0.2, 0) is 0 Å². The lowest BCUT2D eigenvalue weighted by Gasteiger charge is -2.21. The van der Waals surface area contributed by atoms with E-state index in [-0.39, 0.29) is 5.91 Å². The van der Waals surface area contributed by atoms with Crippen LogP contribution in [-0.4, -0.2) is 11.4 Å². The molecule has 3 nitrogen and oxygen atoms in total. The van der Waals surface area contributed by atoms with E-state index >= 15 is 0 Å². The maximum absolute atomic E-state index is 11.9. The molecule has 0 atom stereocenters. The molecule has 1 aromatic heterocycles. The number of amides is 1. The second kappa shape index (κ2) is 4.44. The van der Waals surface area contributed by atoms with Crippen LogP contribution < -0.4 is 5.32 Å². The van der Waals surface area contributed by atoms with Crippen molar-refractivity contribution in [3.63, 3.8) is 0 Å². The van der Waals surface area contributed by atoms with Gasteiger partial charge in [-0.25, -0.2) is 0 Å². The van der Waals surface area contributed by atoms with E-state index < -0.39 is 5.54 Å². The van der Waals surface area contributed by atoms with Gasteiger partial charge < -0.3 is 5.32 Å². The molecule has 16 heavy (non-hydrogen) atoms. The van der Waals surface area contributed by atoms with Gasteiger partial charge in [0, 0.05) is 0 Å². The van der Waals surface area contributed by atoms with Gasteiger partial charge in [-0.15, -0.1) is 11.3 Å². The molecule has 1 saturated carbocycles. The number of thiophene rings is 1. The molecule has 1 heterocycles. The van der Waals surface area contributed by atoms with Gasteiger partial charge in [0.1, 0.15) is 5.54 Å². The van der Waals surface area contributed by atoms with Crippen molar-refractivity contribution in [3.8, 4) is 6.07 Å². The Kier molecular flexibility index (Phi) is 3.17. The largest absolute Gasteiger partial charge is 0.333 e. The van der Waals surface area contributed by atoms with E-state index in [1.54, 1.807) is 12.1 Å². The Morgan fingerprint density at radius 2 is 2.19 bits per heavy atom. The van der Waals surface area contributed by atoms with Crippen LogP contribution in [0.25, 0.3) is 0 Å². The Morgan fingerprint density at radius 3 is 2.69 bits per heavy atom. The van der Waals surface area contributed by atoms with E-state index in [0.29, 0.717) is 9.21 Å². The highest BCUT2D eigenvalue weighted by atomic mass is 35.5. The summed E-state index contributed by atoms with van der Waals surface area (Å²) >= 11 is 7.00. The van der Waals surface area contributed by atoms with Crippen LogP contribution in [0.2, 0.25) is 4.34 Å². The van der Waals surface area contributed by atoms with Crippen molar-refractivity contribution >= 4 is 28.8 Å². The number of carbonyl (C=O) groups excluding carboxylic acids is 1. The van der Waals surface area contributed by atoms with Crippen LogP contribution in [0.15, 0.2) is 12.1 Å². The number of carbonyl (C=O) groups is 1. The van der Waals surface area contributed by atoms with Gasteiger partial charge in [0.2, 0.25) is 0 Å². The molecule has 5 heteroatoms. The monoisotopic (exact) mass is 254 g/mol. The third-order valence-electron chi connectivity index (χ3n) is 2.82. The molecule has 0 aliphatic heterocycles. The summed E-state index contributed by atoms with van der Waals surface area (Å²) in [6.07, 6.45) is 3.49.